The smallest absolute Gasteiger partial charge is 0.128 e. The lowest BCUT2D eigenvalue weighted by atomic mass is 10.0. The van der Waals surface area contributed by atoms with Gasteiger partial charge in [0.1, 0.15) is 29.2 Å². The lowest BCUT2D eigenvalue weighted by Gasteiger charge is -2.34. The van der Waals surface area contributed by atoms with Gasteiger partial charge in [0, 0.05) is 35.6 Å². The summed E-state index contributed by atoms with van der Waals surface area (Å²) < 4.78 is 5.70. The van der Waals surface area contributed by atoms with E-state index in [1.165, 1.54) is 0 Å². The summed E-state index contributed by atoms with van der Waals surface area (Å²) in [5, 5.41) is 10.8. The zero-order valence-corrected chi connectivity index (χ0v) is 13.4. The second-order valence-electron chi connectivity index (χ2n) is 5.88. The molecule has 120 valence electrons. The lowest BCUT2D eigenvalue weighted by molar-refractivity contribution is 0.0650. The number of aromatic nitrogens is 2. The standard InChI is InChI=1S/C16H18N4O2S/c17-11-6-13(22-8-11)15(20-3-1-12(21)2-4-20)14-5-10-7-18-9-19-16(10)23-14/h5-9,12,15,21H,1-4,17H2. The number of aliphatic hydroxyl groups is 1. The van der Waals surface area contributed by atoms with Crippen molar-refractivity contribution >= 4 is 27.2 Å². The average Bonchev–Trinajstić information content (AvgIpc) is 3.16. The Hall–Kier alpha value is -1.96. The van der Waals surface area contributed by atoms with E-state index in [9.17, 15) is 5.11 Å². The number of hydrogen-bond acceptors (Lipinski definition) is 7. The van der Waals surface area contributed by atoms with Gasteiger partial charge in [0.25, 0.3) is 0 Å². The summed E-state index contributed by atoms with van der Waals surface area (Å²) in [5.41, 5.74) is 6.48. The molecule has 0 bridgehead atoms. The number of fused-ring (bicyclic) bond motifs is 1. The number of nitrogens with zero attached hydrogens (tertiary/aromatic N) is 3. The maximum Gasteiger partial charge on any atom is 0.128 e. The lowest BCUT2D eigenvalue weighted by Crippen LogP contribution is -2.38. The summed E-state index contributed by atoms with van der Waals surface area (Å²) in [6, 6.07) is 4.00. The van der Waals surface area contributed by atoms with Crippen LogP contribution in [0.2, 0.25) is 0 Å². The summed E-state index contributed by atoms with van der Waals surface area (Å²) in [6.07, 6.45) is 6.32. The fraction of sp³-hybridized carbons (Fsp3) is 0.375. The van der Waals surface area contributed by atoms with Crippen LogP contribution in [0.25, 0.3) is 10.2 Å². The molecule has 0 spiro atoms. The van der Waals surface area contributed by atoms with Gasteiger partial charge in [0.15, 0.2) is 0 Å². The number of likely N-dealkylation sites (tertiary alicyclic amines) is 1. The van der Waals surface area contributed by atoms with E-state index in [-0.39, 0.29) is 12.1 Å². The molecule has 0 saturated carbocycles. The molecule has 3 aromatic heterocycles. The maximum absolute atomic E-state index is 9.78. The number of hydrogen-bond donors (Lipinski definition) is 2. The van der Waals surface area contributed by atoms with Gasteiger partial charge in [-0.05, 0) is 18.9 Å². The molecular weight excluding hydrogens is 312 g/mol. The van der Waals surface area contributed by atoms with Gasteiger partial charge < -0.3 is 15.3 Å². The molecule has 6 nitrogen and oxygen atoms in total. The predicted octanol–water partition coefficient (Wildman–Crippen LogP) is 2.41. The molecular formula is C16H18N4O2S. The van der Waals surface area contributed by atoms with Crippen molar-refractivity contribution in [3.8, 4) is 0 Å². The van der Waals surface area contributed by atoms with Crippen LogP contribution in [-0.4, -0.2) is 39.2 Å². The van der Waals surface area contributed by atoms with Gasteiger partial charge in [0.05, 0.1) is 11.8 Å². The van der Waals surface area contributed by atoms with Crippen molar-refractivity contribution in [1.82, 2.24) is 14.9 Å². The summed E-state index contributed by atoms with van der Waals surface area (Å²) in [4.78, 5) is 12.9. The number of thiophene rings is 1. The molecule has 1 saturated heterocycles. The SMILES string of the molecule is Nc1coc(C(c2cc3cncnc3s2)N2CCC(O)CC2)c1. The molecule has 1 fully saturated rings. The van der Waals surface area contributed by atoms with Crippen LogP contribution >= 0.6 is 11.3 Å². The Morgan fingerprint density at radius 3 is 2.87 bits per heavy atom. The summed E-state index contributed by atoms with van der Waals surface area (Å²) in [7, 11) is 0. The van der Waals surface area contributed by atoms with Crippen LogP contribution in [0, 0.1) is 0 Å². The molecule has 1 unspecified atom stereocenters. The van der Waals surface area contributed by atoms with Gasteiger partial charge >= 0.3 is 0 Å². The van der Waals surface area contributed by atoms with Crippen molar-refractivity contribution < 1.29 is 9.52 Å². The highest BCUT2D eigenvalue weighted by atomic mass is 32.1. The monoisotopic (exact) mass is 330 g/mol. The van der Waals surface area contributed by atoms with Crippen molar-refractivity contribution in [2.75, 3.05) is 18.8 Å². The Bertz CT molecular complexity index is 774. The summed E-state index contributed by atoms with van der Waals surface area (Å²) in [6.45, 7) is 1.65. The number of aliphatic hydroxyl groups excluding tert-OH is 1. The highest BCUT2D eigenvalue weighted by Crippen LogP contribution is 2.38. The van der Waals surface area contributed by atoms with Crippen LogP contribution in [0.3, 0.4) is 0 Å². The van der Waals surface area contributed by atoms with E-state index in [1.54, 1.807) is 23.9 Å². The van der Waals surface area contributed by atoms with Gasteiger partial charge in [-0.1, -0.05) is 0 Å². The molecule has 4 heterocycles. The van der Waals surface area contributed by atoms with E-state index in [0.717, 1.165) is 46.8 Å². The minimum Gasteiger partial charge on any atom is -0.465 e. The van der Waals surface area contributed by atoms with E-state index in [4.69, 9.17) is 10.2 Å². The number of nitrogen functional groups attached to an aromatic ring is 1. The van der Waals surface area contributed by atoms with Crippen LogP contribution < -0.4 is 5.73 Å². The van der Waals surface area contributed by atoms with Crippen molar-refractivity contribution in [2.24, 2.45) is 0 Å². The number of nitrogens with two attached hydrogens (primary N) is 1. The molecule has 0 radical (unpaired) electrons. The molecule has 3 N–H and O–H groups in total. The third kappa shape index (κ3) is 2.83. The molecule has 0 aromatic carbocycles. The Balaban J connectivity index is 1.75. The molecule has 0 aliphatic carbocycles. The highest BCUT2D eigenvalue weighted by molar-refractivity contribution is 7.18. The minimum atomic E-state index is -0.207. The van der Waals surface area contributed by atoms with E-state index in [1.807, 2.05) is 12.3 Å². The fourth-order valence-electron chi connectivity index (χ4n) is 3.10. The quantitative estimate of drug-likeness (QED) is 0.767. The third-order valence-corrected chi connectivity index (χ3v) is 5.37. The van der Waals surface area contributed by atoms with E-state index in [0.29, 0.717) is 5.69 Å². The van der Waals surface area contributed by atoms with Crippen molar-refractivity contribution in [3.63, 3.8) is 0 Å². The number of piperidine rings is 1. The fourth-order valence-corrected chi connectivity index (χ4v) is 4.21. The minimum absolute atomic E-state index is 0.000926. The third-order valence-electron chi connectivity index (χ3n) is 4.26. The van der Waals surface area contributed by atoms with Gasteiger partial charge in [-0.2, -0.15) is 0 Å². The first-order chi connectivity index (χ1) is 11.2. The largest absolute Gasteiger partial charge is 0.465 e. The first-order valence-corrected chi connectivity index (χ1v) is 8.48. The second kappa shape index (κ2) is 5.92. The molecule has 3 aromatic rings. The van der Waals surface area contributed by atoms with E-state index >= 15 is 0 Å². The zero-order valence-electron chi connectivity index (χ0n) is 12.6. The van der Waals surface area contributed by atoms with Crippen molar-refractivity contribution in [1.29, 1.82) is 0 Å². The first-order valence-electron chi connectivity index (χ1n) is 7.66. The maximum atomic E-state index is 9.78. The van der Waals surface area contributed by atoms with E-state index < -0.39 is 0 Å². The molecule has 1 atom stereocenters. The van der Waals surface area contributed by atoms with Crippen LogP contribution in [0.4, 0.5) is 5.69 Å². The predicted molar refractivity (Wildman–Crippen MR) is 89.2 cm³/mol. The van der Waals surface area contributed by atoms with Crippen LogP contribution in [0.1, 0.15) is 29.5 Å². The molecule has 1 aliphatic heterocycles. The first kappa shape index (κ1) is 14.6. The molecule has 23 heavy (non-hydrogen) atoms. The van der Waals surface area contributed by atoms with E-state index in [2.05, 4.69) is 20.9 Å². The number of furan rings is 1. The van der Waals surface area contributed by atoms with Gasteiger partial charge in [-0.25, -0.2) is 9.97 Å². The zero-order chi connectivity index (χ0) is 15.8. The molecule has 4 rings (SSSR count). The van der Waals surface area contributed by atoms with Crippen molar-refractivity contribution in [3.05, 3.63) is 41.6 Å². The number of anilines is 1. The summed E-state index contributed by atoms with van der Waals surface area (Å²) >= 11 is 1.65. The van der Waals surface area contributed by atoms with Crippen LogP contribution in [-0.2, 0) is 0 Å². The highest BCUT2D eigenvalue weighted by Gasteiger charge is 2.30. The Morgan fingerprint density at radius 1 is 1.35 bits per heavy atom. The Kier molecular flexibility index (Phi) is 3.76. The van der Waals surface area contributed by atoms with Gasteiger partial charge in [0.2, 0.25) is 0 Å². The Labute approximate surface area is 137 Å². The molecule has 0 amide bonds. The summed E-state index contributed by atoms with van der Waals surface area (Å²) in [5.74, 6) is 0.832. The normalized spacial score (nSPS) is 18.5. The van der Waals surface area contributed by atoms with Crippen LogP contribution in [0.15, 0.2) is 35.3 Å². The topological polar surface area (TPSA) is 88.4 Å². The van der Waals surface area contributed by atoms with Crippen LogP contribution in [0.5, 0.6) is 0 Å². The van der Waals surface area contributed by atoms with Gasteiger partial charge in [-0.15, -0.1) is 11.3 Å². The second-order valence-corrected chi connectivity index (χ2v) is 6.95. The van der Waals surface area contributed by atoms with Crippen molar-refractivity contribution in [2.45, 2.75) is 25.0 Å². The number of rotatable bonds is 3. The molecule has 7 heteroatoms. The van der Waals surface area contributed by atoms with Gasteiger partial charge in [-0.3, -0.25) is 4.90 Å². The Morgan fingerprint density at radius 2 is 2.17 bits per heavy atom. The average molecular weight is 330 g/mol. The molecule has 1 aliphatic rings.